The van der Waals surface area contributed by atoms with Gasteiger partial charge >= 0.3 is 0 Å². The fourth-order valence-electron chi connectivity index (χ4n) is 5.10. The van der Waals surface area contributed by atoms with Crippen LogP contribution in [-0.2, 0) is 11.3 Å². The Kier molecular flexibility index (Phi) is 6.23. The number of piperidine rings is 1. The molecule has 180 valence electrons. The smallest absolute Gasteiger partial charge is 0.251 e. The third-order valence-electron chi connectivity index (χ3n) is 6.87. The molecule has 1 fully saturated rings. The summed E-state index contributed by atoms with van der Waals surface area (Å²) in [5, 5.41) is 17.4. The van der Waals surface area contributed by atoms with Gasteiger partial charge in [-0.1, -0.05) is 18.2 Å². The molecule has 0 bridgehead atoms. The molecule has 2 amide bonds. The van der Waals surface area contributed by atoms with Crippen LogP contribution in [0.3, 0.4) is 0 Å². The number of benzene rings is 2. The van der Waals surface area contributed by atoms with Crippen molar-refractivity contribution >= 4 is 33.6 Å². The number of carbonyl (C=O) groups is 2. The van der Waals surface area contributed by atoms with Crippen LogP contribution >= 0.6 is 0 Å². The first-order valence-electron chi connectivity index (χ1n) is 11.9. The Labute approximate surface area is 203 Å². The molecule has 1 saturated heterocycles. The fraction of sp³-hybridized carbons (Fsp3) is 0.296. The van der Waals surface area contributed by atoms with Gasteiger partial charge in [0.1, 0.15) is 0 Å². The van der Waals surface area contributed by atoms with Crippen LogP contribution < -0.4 is 16.1 Å². The van der Waals surface area contributed by atoms with E-state index in [1.165, 1.54) is 5.56 Å². The summed E-state index contributed by atoms with van der Waals surface area (Å²) in [6, 6.07) is 18.0. The Hall–Kier alpha value is -3.75. The van der Waals surface area contributed by atoms with Crippen LogP contribution in [0.4, 0.5) is 0 Å². The zero-order chi connectivity index (χ0) is 24.4. The Morgan fingerprint density at radius 2 is 1.91 bits per heavy atom. The van der Waals surface area contributed by atoms with E-state index in [1.807, 2.05) is 55.6 Å². The van der Waals surface area contributed by atoms with Crippen LogP contribution in [0.1, 0.15) is 40.9 Å². The molecule has 0 spiro atoms. The number of aromatic nitrogens is 2. The maximum absolute atomic E-state index is 13.2. The second-order valence-electron chi connectivity index (χ2n) is 9.35. The SMILES string of the molecule is Cc1cc(Cn2ccc3cc(C(=O)NC4(CC(=O)NO)CCNCC4)ccc32)c2ccccc2n1. The lowest BCUT2D eigenvalue weighted by molar-refractivity contribution is -0.130. The molecule has 35 heavy (non-hydrogen) atoms. The summed E-state index contributed by atoms with van der Waals surface area (Å²) in [6.45, 7) is 4.10. The lowest BCUT2D eigenvalue weighted by atomic mass is 9.84. The molecular formula is C27H29N5O3. The van der Waals surface area contributed by atoms with Crippen molar-refractivity contribution in [3.63, 3.8) is 0 Å². The lowest BCUT2D eigenvalue weighted by Crippen LogP contribution is -2.56. The van der Waals surface area contributed by atoms with Crippen LogP contribution in [0.5, 0.6) is 0 Å². The van der Waals surface area contributed by atoms with Crippen LogP contribution in [0, 0.1) is 6.92 Å². The number of aryl methyl sites for hydroxylation is 1. The molecule has 4 N–H and O–H groups in total. The van der Waals surface area contributed by atoms with E-state index in [1.54, 1.807) is 5.48 Å². The first-order valence-corrected chi connectivity index (χ1v) is 11.9. The number of para-hydroxylation sites is 1. The Balaban J connectivity index is 1.40. The van der Waals surface area contributed by atoms with Gasteiger partial charge in [0.15, 0.2) is 0 Å². The molecule has 3 heterocycles. The van der Waals surface area contributed by atoms with Crippen molar-refractivity contribution in [1.82, 2.24) is 25.7 Å². The number of hydrogen-bond acceptors (Lipinski definition) is 5. The van der Waals surface area contributed by atoms with E-state index in [4.69, 9.17) is 5.21 Å². The molecule has 0 aliphatic carbocycles. The molecule has 0 unspecified atom stereocenters. The summed E-state index contributed by atoms with van der Waals surface area (Å²) in [6.07, 6.45) is 3.31. The number of fused-ring (bicyclic) bond motifs is 2. The maximum Gasteiger partial charge on any atom is 0.251 e. The first kappa shape index (κ1) is 23.0. The summed E-state index contributed by atoms with van der Waals surface area (Å²) in [4.78, 5) is 29.7. The predicted molar refractivity (Wildman–Crippen MR) is 134 cm³/mol. The van der Waals surface area contributed by atoms with Crippen molar-refractivity contribution in [2.24, 2.45) is 0 Å². The summed E-state index contributed by atoms with van der Waals surface area (Å²) in [5.41, 5.74) is 5.76. The number of hydrogen-bond donors (Lipinski definition) is 4. The molecule has 2 aromatic heterocycles. The van der Waals surface area contributed by atoms with Crippen LogP contribution in [0.25, 0.3) is 21.8 Å². The first-order chi connectivity index (χ1) is 17.0. The number of hydroxylamine groups is 1. The molecule has 0 atom stereocenters. The van der Waals surface area contributed by atoms with Gasteiger partial charge in [-0.2, -0.15) is 0 Å². The molecule has 0 saturated carbocycles. The molecule has 4 aromatic rings. The number of carbonyl (C=O) groups excluding carboxylic acids is 2. The standard InChI is InChI=1S/C27H29N5O3/c1-18-14-21(22-4-2-3-5-23(22)29-18)17-32-13-8-19-15-20(6-7-24(19)32)26(34)30-27(16-25(33)31-35)9-11-28-12-10-27/h2-8,13-15,28,35H,9-12,16-17H2,1H3,(H,30,34)(H,31,33). The molecule has 0 radical (unpaired) electrons. The zero-order valence-electron chi connectivity index (χ0n) is 19.7. The Morgan fingerprint density at radius 3 is 2.71 bits per heavy atom. The third-order valence-corrected chi connectivity index (χ3v) is 6.87. The van der Waals surface area contributed by atoms with Gasteiger partial charge < -0.3 is 15.2 Å². The average molecular weight is 472 g/mol. The summed E-state index contributed by atoms with van der Waals surface area (Å²) < 4.78 is 2.18. The number of amides is 2. The summed E-state index contributed by atoms with van der Waals surface area (Å²) in [5.74, 6) is -0.721. The van der Waals surface area contributed by atoms with Crippen molar-refractivity contribution in [3.8, 4) is 0 Å². The minimum absolute atomic E-state index is 0.0366. The largest absolute Gasteiger partial charge is 0.346 e. The monoisotopic (exact) mass is 471 g/mol. The minimum Gasteiger partial charge on any atom is -0.346 e. The van der Waals surface area contributed by atoms with E-state index in [-0.39, 0.29) is 12.3 Å². The highest BCUT2D eigenvalue weighted by molar-refractivity contribution is 5.99. The topological polar surface area (TPSA) is 108 Å². The van der Waals surface area contributed by atoms with E-state index in [2.05, 4.69) is 32.3 Å². The van der Waals surface area contributed by atoms with E-state index >= 15 is 0 Å². The van der Waals surface area contributed by atoms with Crippen molar-refractivity contribution < 1.29 is 14.8 Å². The van der Waals surface area contributed by atoms with E-state index in [0.29, 0.717) is 38.0 Å². The molecule has 2 aromatic carbocycles. The second kappa shape index (κ2) is 9.48. The molecule has 8 heteroatoms. The van der Waals surface area contributed by atoms with Gasteiger partial charge in [0.25, 0.3) is 5.91 Å². The fourth-order valence-corrected chi connectivity index (χ4v) is 5.10. The van der Waals surface area contributed by atoms with Gasteiger partial charge in [0, 0.05) is 40.3 Å². The molecule has 8 nitrogen and oxygen atoms in total. The van der Waals surface area contributed by atoms with Crippen molar-refractivity contribution in [1.29, 1.82) is 0 Å². The van der Waals surface area contributed by atoms with Gasteiger partial charge in [-0.15, -0.1) is 0 Å². The van der Waals surface area contributed by atoms with E-state index in [0.717, 1.165) is 27.5 Å². The highest BCUT2D eigenvalue weighted by atomic mass is 16.5. The quantitative estimate of drug-likeness (QED) is 0.255. The van der Waals surface area contributed by atoms with Gasteiger partial charge in [-0.25, -0.2) is 5.48 Å². The summed E-state index contributed by atoms with van der Waals surface area (Å²) >= 11 is 0. The molecule has 1 aliphatic heterocycles. The number of rotatable bonds is 6. The van der Waals surface area contributed by atoms with Gasteiger partial charge in [0.2, 0.25) is 5.91 Å². The number of nitrogens with one attached hydrogen (secondary N) is 3. The average Bonchev–Trinajstić information content (AvgIpc) is 3.26. The highest BCUT2D eigenvalue weighted by Crippen LogP contribution is 2.26. The third kappa shape index (κ3) is 4.76. The van der Waals surface area contributed by atoms with Crippen molar-refractivity contribution in [2.75, 3.05) is 13.1 Å². The summed E-state index contributed by atoms with van der Waals surface area (Å²) in [7, 11) is 0. The van der Waals surface area contributed by atoms with Gasteiger partial charge in [-0.05, 0) is 74.8 Å². The van der Waals surface area contributed by atoms with Crippen LogP contribution in [0.2, 0.25) is 0 Å². The minimum atomic E-state index is -0.684. The van der Waals surface area contributed by atoms with E-state index in [9.17, 15) is 9.59 Å². The zero-order valence-corrected chi connectivity index (χ0v) is 19.7. The highest BCUT2D eigenvalue weighted by Gasteiger charge is 2.36. The van der Waals surface area contributed by atoms with E-state index < -0.39 is 11.4 Å². The van der Waals surface area contributed by atoms with Gasteiger partial charge in [0.05, 0.1) is 17.5 Å². The number of pyridine rings is 1. The lowest BCUT2D eigenvalue weighted by Gasteiger charge is -2.37. The molecule has 5 rings (SSSR count). The van der Waals surface area contributed by atoms with Crippen molar-refractivity contribution in [3.05, 3.63) is 77.6 Å². The maximum atomic E-state index is 13.2. The Bertz CT molecular complexity index is 1400. The Morgan fingerprint density at radius 1 is 1.11 bits per heavy atom. The van der Waals surface area contributed by atoms with Crippen molar-refractivity contribution in [2.45, 2.75) is 38.3 Å². The molecule has 1 aliphatic rings. The second-order valence-corrected chi connectivity index (χ2v) is 9.35. The van der Waals surface area contributed by atoms with Gasteiger partial charge in [-0.3, -0.25) is 19.8 Å². The normalized spacial score (nSPS) is 15.3. The number of nitrogens with zero attached hydrogens (tertiary/aromatic N) is 2. The van der Waals surface area contributed by atoms with Crippen LogP contribution in [0.15, 0.2) is 60.8 Å². The molecular weight excluding hydrogens is 442 g/mol. The predicted octanol–water partition coefficient (Wildman–Crippen LogP) is 3.29. The van der Waals surface area contributed by atoms with Crippen LogP contribution in [-0.4, -0.2) is 45.2 Å².